The fourth-order valence-corrected chi connectivity index (χ4v) is 3.59. The van der Waals surface area contributed by atoms with Crippen LogP contribution in [0.3, 0.4) is 0 Å². The van der Waals surface area contributed by atoms with E-state index >= 15 is 0 Å². The van der Waals surface area contributed by atoms with E-state index in [0.717, 1.165) is 34.6 Å². The molecule has 0 aliphatic carbocycles. The Kier molecular flexibility index (Phi) is 7.71. The lowest BCUT2D eigenvalue weighted by atomic mass is 10.0. The summed E-state index contributed by atoms with van der Waals surface area (Å²) in [5, 5.41) is 10.6. The number of halogens is 5. The number of sulfonamides is 1. The van der Waals surface area contributed by atoms with Crippen molar-refractivity contribution in [3.63, 3.8) is 0 Å². The average Bonchev–Trinajstić information content (AvgIpc) is 2.60. The fraction of sp³-hybridized carbons (Fsp3) is 0.250. The molecule has 0 saturated heterocycles. The average molecular weight is 458 g/mol. The van der Waals surface area contributed by atoms with Gasteiger partial charge in [0.05, 0.1) is 15.4 Å². The molecule has 0 saturated carbocycles. The Morgan fingerprint density at radius 2 is 1.72 bits per heavy atom. The molecule has 29 heavy (non-hydrogen) atoms. The van der Waals surface area contributed by atoms with Gasteiger partial charge in [0.2, 0.25) is 10.0 Å². The number of nitro groups is 1. The van der Waals surface area contributed by atoms with Crippen molar-refractivity contribution in [3.05, 3.63) is 69.5 Å². The first-order chi connectivity index (χ1) is 12.8. The predicted octanol–water partition coefficient (Wildman–Crippen LogP) is 3.50. The zero-order valence-corrected chi connectivity index (χ0v) is 16.4. The number of rotatable bonds is 6. The molecule has 0 radical (unpaired) electrons. The lowest BCUT2D eigenvalue weighted by Gasteiger charge is -2.22. The third-order valence-corrected chi connectivity index (χ3v) is 5.77. The van der Waals surface area contributed by atoms with E-state index in [-0.39, 0.29) is 35.1 Å². The fourth-order valence-electron chi connectivity index (χ4n) is 2.39. The molecule has 2 N–H and O–H groups in total. The molecular formula is C16H16ClF4N3O4S. The van der Waals surface area contributed by atoms with Gasteiger partial charge in [-0.25, -0.2) is 12.8 Å². The van der Waals surface area contributed by atoms with E-state index in [1.54, 1.807) is 0 Å². The molecule has 2 aromatic carbocycles. The predicted molar refractivity (Wildman–Crippen MR) is 98.5 cm³/mol. The molecule has 13 heteroatoms. The SMILES string of the molecule is CN(CC(N)c1ccc(C(F)(F)F)c(F)c1)S(=O)(=O)c1ccc([N+](=O)[O-])cc1.Cl. The second-order valence-electron chi connectivity index (χ2n) is 5.88. The Balaban J connectivity index is 0.00000420. The van der Waals surface area contributed by atoms with Gasteiger partial charge in [-0.1, -0.05) is 6.07 Å². The molecular weight excluding hydrogens is 442 g/mol. The van der Waals surface area contributed by atoms with Gasteiger partial charge in [0.25, 0.3) is 5.69 Å². The van der Waals surface area contributed by atoms with E-state index in [9.17, 15) is 36.1 Å². The molecule has 0 aliphatic heterocycles. The van der Waals surface area contributed by atoms with Gasteiger partial charge in [-0.3, -0.25) is 10.1 Å². The van der Waals surface area contributed by atoms with Crippen LogP contribution in [-0.2, 0) is 16.2 Å². The van der Waals surface area contributed by atoms with E-state index in [0.29, 0.717) is 12.1 Å². The van der Waals surface area contributed by atoms with Gasteiger partial charge in [-0.2, -0.15) is 17.5 Å². The summed E-state index contributed by atoms with van der Waals surface area (Å²) in [6.07, 6.45) is -4.86. The molecule has 0 aromatic heterocycles. The number of benzene rings is 2. The molecule has 0 amide bonds. The monoisotopic (exact) mass is 457 g/mol. The third-order valence-electron chi connectivity index (χ3n) is 3.94. The molecule has 2 aromatic rings. The number of hydrogen-bond donors (Lipinski definition) is 1. The van der Waals surface area contributed by atoms with Crippen LogP contribution >= 0.6 is 12.4 Å². The minimum atomic E-state index is -4.86. The zero-order chi connectivity index (χ0) is 21.3. The highest BCUT2D eigenvalue weighted by atomic mass is 35.5. The Labute approximate surface area is 169 Å². The van der Waals surface area contributed by atoms with Gasteiger partial charge in [-0.15, -0.1) is 12.4 Å². The molecule has 0 aliphatic rings. The lowest BCUT2D eigenvalue weighted by molar-refractivity contribution is -0.384. The van der Waals surface area contributed by atoms with Crippen LogP contribution in [-0.4, -0.2) is 31.2 Å². The van der Waals surface area contributed by atoms with Crippen LogP contribution in [0.5, 0.6) is 0 Å². The smallest absolute Gasteiger partial charge is 0.323 e. The molecule has 0 spiro atoms. The first kappa shape index (κ1) is 24.8. The van der Waals surface area contributed by atoms with Crippen LogP contribution in [0.15, 0.2) is 47.4 Å². The molecule has 0 fully saturated rings. The maximum absolute atomic E-state index is 13.7. The van der Waals surface area contributed by atoms with Crippen molar-refractivity contribution in [3.8, 4) is 0 Å². The summed E-state index contributed by atoms with van der Waals surface area (Å²) >= 11 is 0. The first-order valence-electron chi connectivity index (χ1n) is 7.67. The summed E-state index contributed by atoms with van der Waals surface area (Å²) < 4.78 is 77.4. The van der Waals surface area contributed by atoms with Gasteiger partial charge in [0.15, 0.2) is 0 Å². The minimum Gasteiger partial charge on any atom is -0.323 e. The van der Waals surface area contributed by atoms with Crippen molar-refractivity contribution in [2.45, 2.75) is 17.1 Å². The number of nitrogens with zero attached hydrogens (tertiary/aromatic N) is 2. The molecule has 0 heterocycles. The second kappa shape index (κ2) is 9.03. The Hall–Kier alpha value is -2.28. The van der Waals surface area contributed by atoms with Crippen LogP contribution < -0.4 is 5.73 Å². The number of hydrogen-bond acceptors (Lipinski definition) is 5. The van der Waals surface area contributed by atoms with E-state index in [2.05, 4.69) is 0 Å². The van der Waals surface area contributed by atoms with E-state index in [1.165, 1.54) is 7.05 Å². The molecule has 1 atom stereocenters. The topological polar surface area (TPSA) is 107 Å². The number of alkyl halides is 3. The van der Waals surface area contributed by atoms with E-state index in [4.69, 9.17) is 5.73 Å². The number of likely N-dealkylation sites (N-methyl/N-ethyl adjacent to an activating group) is 1. The molecule has 1 unspecified atom stereocenters. The first-order valence-corrected chi connectivity index (χ1v) is 9.11. The van der Waals surface area contributed by atoms with Gasteiger partial charge in [0.1, 0.15) is 5.82 Å². The summed E-state index contributed by atoms with van der Waals surface area (Å²) in [6, 6.07) is 5.16. The Morgan fingerprint density at radius 1 is 1.17 bits per heavy atom. The molecule has 160 valence electrons. The van der Waals surface area contributed by atoms with Crippen LogP contribution in [0.1, 0.15) is 17.2 Å². The number of nitro benzene ring substituents is 1. The number of nitrogens with two attached hydrogens (primary N) is 1. The van der Waals surface area contributed by atoms with Gasteiger partial charge in [0, 0.05) is 31.8 Å². The maximum Gasteiger partial charge on any atom is 0.419 e. The summed E-state index contributed by atoms with van der Waals surface area (Å²) in [6.45, 7) is -0.357. The Morgan fingerprint density at radius 3 is 2.17 bits per heavy atom. The minimum absolute atomic E-state index is 0. The van der Waals surface area contributed by atoms with Crippen LogP contribution in [0.25, 0.3) is 0 Å². The molecule has 0 bridgehead atoms. The van der Waals surface area contributed by atoms with E-state index in [1.807, 2.05) is 0 Å². The Bertz CT molecular complexity index is 985. The van der Waals surface area contributed by atoms with Crippen molar-refractivity contribution in [2.75, 3.05) is 13.6 Å². The van der Waals surface area contributed by atoms with Crippen molar-refractivity contribution < 1.29 is 30.9 Å². The highest BCUT2D eigenvalue weighted by Gasteiger charge is 2.34. The van der Waals surface area contributed by atoms with Gasteiger partial charge < -0.3 is 5.73 Å². The van der Waals surface area contributed by atoms with Crippen molar-refractivity contribution in [1.82, 2.24) is 4.31 Å². The van der Waals surface area contributed by atoms with Crippen molar-refractivity contribution in [2.24, 2.45) is 5.73 Å². The van der Waals surface area contributed by atoms with Crippen molar-refractivity contribution in [1.29, 1.82) is 0 Å². The summed E-state index contributed by atoms with van der Waals surface area (Å²) in [5.74, 6) is -1.51. The van der Waals surface area contributed by atoms with Crippen molar-refractivity contribution >= 4 is 28.1 Å². The summed E-state index contributed by atoms with van der Waals surface area (Å²) in [7, 11) is -2.89. The van der Waals surface area contributed by atoms with Gasteiger partial charge >= 0.3 is 6.18 Å². The summed E-state index contributed by atoms with van der Waals surface area (Å²) in [5.41, 5.74) is 4.06. The van der Waals surface area contributed by atoms with Crippen LogP contribution in [0, 0.1) is 15.9 Å². The third kappa shape index (κ3) is 5.63. The number of non-ortho nitro benzene ring substituents is 1. The lowest BCUT2D eigenvalue weighted by Crippen LogP contribution is -2.34. The molecule has 2 rings (SSSR count). The van der Waals surface area contributed by atoms with Crippen LogP contribution in [0.4, 0.5) is 23.2 Å². The zero-order valence-electron chi connectivity index (χ0n) is 14.8. The normalized spacial score (nSPS) is 13.1. The van der Waals surface area contributed by atoms with Crippen LogP contribution in [0.2, 0.25) is 0 Å². The second-order valence-corrected chi connectivity index (χ2v) is 7.92. The highest BCUT2D eigenvalue weighted by molar-refractivity contribution is 7.89. The van der Waals surface area contributed by atoms with E-state index < -0.39 is 38.5 Å². The highest BCUT2D eigenvalue weighted by Crippen LogP contribution is 2.32. The quantitative estimate of drug-likeness (QED) is 0.406. The largest absolute Gasteiger partial charge is 0.419 e. The molecule has 7 nitrogen and oxygen atoms in total. The summed E-state index contributed by atoms with van der Waals surface area (Å²) in [4.78, 5) is 9.72. The van der Waals surface area contributed by atoms with Gasteiger partial charge in [-0.05, 0) is 29.8 Å². The maximum atomic E-state index is 13.7. The standard InChI is InChI=1S/C16H15F4N3O4S.ClH/c1-22(28(26,27)12-5-3-11(4-6-12)23(24)25)9-15(21)10-2-7-13(14(17)8-10)16(18,19)20;/h2-8,15H,9,21H2,1H3;1H.